The molecule has 3 rings (SSSR count). The van der Waals surface area contributed by atoms with E-state index < -0.39 is 0 Å². The fourth-order valence-corrected chi connectivity index (χ4v) is 2.95. The minimum atomic E-state index is 0.520. The normalized spacial score (nSPS) is 13.9. The van der Waals surface area contributed by atoms with Crippen LogP contribution in [0.3, 0.4) is 0 Å². The molecule has 0 spiro atoms. The number of anilines is 1. The number of hydrogen-bond donors (Lipinski definition) is 2. The van der Waals surface area contributed by atoms with Gasteiger partial charge in [0.15, 0.2) is 5.96 Å². The summed E-state index contributed by atoms with van der Waals surface area (Å²) in [4.78, 5) is 10.7. The molecule has 0 fully saturated rings. The van der Waals surface area contributed by atoms with Crippen molar-refractivity contribution in [3.8, 4) is 0 Å². The van der Waals surface area contributed by atoms with E-state index >= 15 is 0 Å². The van der Waals surface area contributed by atoms with Gasteiger partial charge in [0.2, 0.25) is 0 Å². The molecule has 0 aliphatic carbocycles. The molecule has 0 unspecified atom stereocenters. The molecular weight excluding hydrogens is 346 g/mol. The smallest absolute Gasteiger partial charge is 0.191 e. The monoisotopic (exact) mass is 369 g/mol. The Bertz CT molecular complexity index is 762. The average Bonchev–Trinajstić information content (AvgIpc) is 3.21. The van der Waals surface area contributed by atoms with Gasteiger partial charge in [0.1, 0.15) is 5.15 Å². The predicted molar refractivity (Wildman–Crippen MR) is 109 cm³/mol. The van der Waals surface area contributed by atoms with Gasteiger partial charge in [-0.25, -0.2) is 4.98 Å². The van der Waals surface area contributed by atoms with Crippen molar-refractivity contribution in [2.45, 2.75) is 13.0 Å². The molecule has 0 saturated heterocycles. The van der Waals surface area contributed by atoms with Gasteiger partial charge in [-0.3, -0.25) is 4.99 Å². The summed E-state index contributed by atoms with van der Waals surface area (Å²) in [5.41, 5.74) is 3.64. The van der Waals surface area contributed by atoms with Crippen LogP contribution in [-0.4, -0.2) is 37.6 Å². The second kappa shape index (κ2) is 9.25. The molecule has 2 N–H and O–H groups in total. The van der Waals surface area contributed by atoms with E-state index in [1.807, 2.05) is 12.1 Å². The van der Waals surface area contributed by atoms with Crippen LogP contribution in [0, 0.1) is 0 Å². The van der Waals surface area contributed by atoms with Gasteiger partial charge in [0.25, 0.3) is 0 Å². The summed E-state index contributed by atoms with van der Waals surface area (Å²) in [5.74, 6) is 0.792. The van der Waals surface area contributed by atoms with Crippen LogP contribution in [0.15, 0.2) is 59.7 Å². The van der Waals surface area contributed by atoms with E-state index in [4.69, 9.17) is 11.6 Å². The predicted octanol–water partition coefficient (Wildman–Crippen LogP) is 3.02. The zero-order valence-electron chi connectivity index (χ0n) is 15.0. The molecule has 2 heterocycles. The van der Waals surface area contributed by atoms with E-state index in [9.17, 15) is 0 Å². The van der Waals surface area contributed by atoms with Crippen LogP contribution in [0.1, 0.15) is 11.1 Å². The second-order valence-corrected chi connectivity index (χ2v) is 6.53. The van der Waals surface area contributed by atoms with E-state index in [1.165, 1.54) is 11.3 Å². The lowest BCUT2D eigenvalue weighted by molar-refractivity contribution is 0.793. The highest BCUT2D eigenvalue weighted by Gasteiger charge is 2.08. The summed E-state index contributed by atoms with van der Waals surface area (Å²) in [6, 6.07) is 12.4. The number of pyridine rings is 1. The highest BCUT2D eigenvalue weighted by Crippen LogP contribution is 2.18. The minimum Gasteiger partial charge on any atom is -0.364 e. The fourth-order valence-electron chi connectivity index (χ4n) is 2.84. The lowest BCUT2D eigenvalue weighted by atomic mass is 10.2. The fraction of sp³-hybridized carbons (Fsp3) is 0.300. The Labute approximate surface area is 159 Å². The molecule has 0 saturated carbocycles. The Hall–Kier alpha value is -2.53. The number of rotatable bonds is 6. The van der Waals surface area contributed by atoms with Crippen molar-refractivity contribution in [3.63, 3.8) is 0 Å². The van der Waals surface area contributed by atoms with Gasteiger partial charge in [-0.05, 0) is 35.7 Å². The summed E-state index contributed by atoms with van der Waals surface area (Å²) in [7, 11) is 1.78. The van der Waals surface area contributed by atoms with E-state index in [0.29, 0.717) is 5.15 Å². The van der Waals surface area contributed by atoms with E-state index in [0.717, 1.165) is 44.1 Å². The largest absolute Gasteiger partial charge is 0.364 e. The number of nitrogens with one attached hydrogen (secondary N) is 2. The van der Waals surface area contributed by atoms with Crippen molar-refractivity contribution in [2.24, 2.45) is 4.99 Å². The summed E-state index contributed by atoms with van der Waals surface area (Å²) in [6.45, 7) is 3.49. The van der Waals surface area contributed by atoms with Crippen LogP contribution >= 0.6 is 11.6 Å². The topological polar surface area (TPSA) is 52.6 Å². The SMILES string of the molecule is CN=C(NCCc1ccc(Cl)nc1)NCc1cccc(N2CC=CC2)c1. The van der Waals surface area contributed by atoms with E-state index in [2.05, 4.69) is 61.9 Å². The lowest BCUT2D eigenvalue weighted by Crippen LogP contribution is -2.37. The first-order valence-electron chi connectivity index (χ1n) is 8.78. The van der Waals surface area contributed by atoms with Gasteiger partial charge >= 0.3 is 0 Å². The molecule has 0 bridgehead atoms. The first-order chi connectivity index (χ1) is 12.7. The van der Waals surface area contributed by atoms with Gasteiger partial charge < -0.3 is 15.5 Å². The van der Waals surface area contributed by atoms with Gasteiger partial charge in [-0.2, -0.15) is 0 Å². The number of hydrogen-bond acceptors (Lipinski definition) is 3. The number of guanidine groups is 1. The second-order valence-electron chi connectivity index (χ2n) is 6.14. The number of benzene rings is 1. The molecule has 6 heteroatoms. The molecule has 5 nitrogen and oxygen atoms in total. The molecule has 1 aliphatic heterocycles. The number of nitrogens with zero attached hydrogens (tertiary/aromatic N) is 3. The van der Waals surface area contributed by atoms with Crippen molar-refractivity contribution >= 4 is 23.2 Å². The molecular formula is C20H24ClN5. The molecule has 0 amide bonds. The maximum Gasteiger partial charge on any atom is 0.191 e. The van der Waals surface area contributed by atoms with Crippen LogP contribution in [0.2, 0.25) is 5.15 Å². The van der Waals surface area contributed by atoms with Crippen LogP contribution < -0.4 is 15.5 Å². The lowest BCUT2D eigenvalue weighted by Gasteiger charge is -2.19. The zero-order chi connectivity index (χ0) is 18.2. The van der Waals surface area contributed by atoms with Crippen molar-refractivity contribution in [1.82, 2.24) is 15.6 Å². The number of aromatic nitrogens is 1. The summed E-state index contributed by atoms with van der Waals surface area (Å²) >= 11 is 5.81. The molecule has 1 aliphatic rings. The minimum absolute atomic E-state index is 0.520. The average molecular weight is 370 g/mol. The van der Waals surface area contributed by atoms with Crippen LogP contribution in [0.5, 0.6) is 0 Å². The number of aliphatic imine (C=N–C) groups is 1. The first kappa shape index (κ1) is 18.3. The Morgan fingerprint density at radius 3 is 2.73 bits per heavy atom. The van der Waals surface area contributed by atoms with E-state index in [-0.39, 0.29) is 0 Å². The maximum absolute atomic E-state index is 5.81. The third-order valence-electron chi connectivity index (χ3n) is 4.27. The maximum atomic E-state index is 5.81. The quantitative estimate of drug-likeness (QED) is 0.356. The van der Waals surface area contributed by atoms with Crippen LogP contribution in [0.4, 0.5) is 5.69 Å². The van der Waals surface area contributed by atoms with Crippen molar-refractivity contribution in [1.29, 1.82) is 0 Å². The Morgan fingerprint density at radius 2 is 2.00 bits per heavy atom. The highest BCUT2D eigenvalue weighted by molar-refractivity contribution is 6.29. The van der Waals surface area contributed by atoms with Gasteiger partial charge in [0.05, 0.1) is 0 Å². The Kier molecular flexibility index (Phi) is 6.50. The van der Waals surface area contributed by atoms with Crippen LogP contribution in [0.25, 0.3) is 0 Å². The number of halogens is 1. The zero-order valence-corrected chi connectivity index (χ0v) is 15.7. The first-order valence-corrected chi connectivity index (χ1v) is 9.16. The van der Waals surface area contributed by atoms with Crippen LogP contribution in [-0.2, 0) is 13.0 Å². The standard InChI is InChI=1S/C20H24ClN5/c1-22-20(23-10-9-16-7-8-19(21)24-14-16)25-15-17-5-4-6-18(13-17)26-11-2-3-12-26/h2-8,13-14H,9-12,15H2,1H3,(H2,22,23,25). The summed E-state index contributed by atoms with van der Waals surface area (Å²) < 4.78 is 0. The van der Waals surface area contributed by atoms with E-state index in [1.54, 1.807) is 13.2 Å². The van der Waals surface area contributed by atoms with Crippen molar-refractivity contribution in [2.75, 3.05) is 31.6 Å². The van der Waals surface area contributed by atoms with Crippen molar-refractivity contribution in [3.05, 3.63) is 71.0 Å². The summed E-state index contributed by atoms with van der Waals surface area (Å²) in [6.07, 6.45) is 7.07. The van der Waals surface area contributed by atoms with Crippen molar-refractivity contribution < 1.29 is 0 Å². The molecule has 0 atom stereocenters. The third kappa shape index (κ3) is 5.23. The van der Waals surface area contributed by atoms with Gasteiger partial charge in [0, 0.05) is 45.1 Å². The van der Waals surface area contributed by atoms with Gasteiger partial charge in [-0.1, -0.05) is 42.0 Å². The summed E-state index contributed by atoms with van der Waals surface area (Å²) in [5, 5.41) is 7.22. The molecule has 26 heavy (non-hydrogen) atoms. The van der Waals surface area contributed by atoms with Gasteiger partial charge in [-0.15, -0.1) is 0 Å². The molecule has 0 radical (unpaired) electrons. The molecule has 136 valence electrons. The molecule has 2 aromatic rings. The highest BCUT2D eigenvalue weighted by atomic mass is 35.5. The Balaban J connectivity index is 1.46. The Morgan fingerprint density at radius 1 is 1.15 bits per heavy atom. The third-order valence-corrected chi connectivity index (χ3v) is 4.50. The molecule has 1 aromatic heterocycles. The molecule has 1 aromatic carbocycles.